The molecule has 1 saturated carbocycles. The predicted octanol–water partition coefficient (Wildman–Crippen LogP) is 2.43. The van der Waals surface area contributed by atoms with Gasteiger partial charge in [-0.3, -0.25) is 9.89 Å². The Morgan fingerprint density at radius 3 is 2.88 bits per heavy atom. The van der Waals surface area contributed by atoms with Crippen molar-refractivity contribution in [3.05, 3.63) is 35.0 Å². The molecule has 140 valence electrons. The van der Waals surface area contributed by atoms with Gasteiger partial charge in [0.25, 0.3) is 5.91 Å². The summed E-state index contributed by atoms with van der Waals surface area (Å²) in [6, 6.07) is 1.88. The summed E-state index contributed by atoms with van der Waals surface area (Å²) in [7, 11) is 0. The Morgan fingerprint density at radius 1 is 1.35 bits per heavy atom. The van der Waals surface area contributed by atoms with Gasteiger partial charge < -0.3 is 14.5 Å². The number of aromatic amines is 1. The highest BCUT2D eigenvalue weighted by molar-refractivity contribution is 5.95. The third-order valence-corrected chi connectivity index (χ3v) is 5.75. The first-order valence-corrected chi connectivity index (χ1v) is 9.54. The molecular formula is C19H26N4O3. The minimum absolute atomic E-state index is 0.0312. The van der Waals surface area contributed by atoms with E-state index >= 15 is 0 Å². The standard InChI is InChI=1S/C19H26N4O3/c1-12-7-15(26-22-12)8-14-10-23(11-17(14)24)19(25)16-9-20-21-18(16)13-5-3-2-4-6-13/h7,9,13-14,17,24H,2-6,8,10-11H2,1H3,(H,20,21)/t14-,17+/m1/s1. The Hall–Kier alpha value is -2.15. The molecule has 2 aliphatic rings. The van der Waals surface area contributed by atoms with Crippen LogP contribution >= 0.6 is 0 Å². The third kappa shape index (κ3) is 3.40. The Kier molecular flexibility index (Phi) is 4.80. The molecule has 0 aromatic carbocycles. The normalized spacial score (nSPS) is 24.3. The van der Waals surface area contributed by atoms with Crippen LogP contribution in [0.4, 0.5) is 0 Å². The highest BCUT2D eigenvalue weighted by Gasteiger charge is 2.36. The van der Waals surface area contributed by atoms with Crippen LogP contribution in [0.15, 0.2) is 16.8 Å². The average Bonchev–Trinajstić information content (AvgIpc) is 3.36. The molecule has 7 nitrogen and oxygen atoms in total. The number of aliphatic hydroxyl groups excluding tert-OH is 1. The summed E-state index contributed by atoms with van der Waals surface area (Å²) in [5.74, 6) is 1.09. The van der Waals surface area contributed by atoms with Crippen molar-refractivity contribution in [2.75, 3.05) is 13.1 Å². The zero-order chi connectivity index (χ0) is 18.1. The maximum Gasteiger partial charge on any atom is 0.257 e. The zero-order valence-corrected chi connectivity index (χ0v) is 15.1. The summed E-state index contributed by atoms with van der Waals surface area (Å²) < 4.78 is 5.26. The van der Waals surface area contributed by atoms with E-state index in [-0.39, 0.29) is 11.8 Å². The number of hydrogen-bond donors (Lipinski definition) is 2. The van der Waals surface area contributed by atoms with Gasteiger partial charge in [0.2, 0.25) is 0 Å². The molecule has 2 atom stereocenters. The number of likely N-dealkylation sites (tertiary alicyclic amines) is 1. The van der Waals surface area contributed by atoms with E-state index in [1.807, 2.05) is 13.0 Å². The molecule has 1 saturated heterocycles. The van der Waals surface area contributed by atoms with Crippen LogP contribution in [-0.4, -0.2) is 50.5 Å². The lowest BCUT2D eigenvalue weighted by Crippen LogP contribution is -2.30. The smallest absolute Gasteiger partial charge is 0.257 e. The van der Waals surface area contributed by atoms with Crippen molar-refractivity contribution < 1.29 is 14.4 Å². The van der Waals surface area contributed by atoms with Gasteiger partial charge in [-0.15, -0.1) is 0 Å². The fraction of sp³-hybridized carbons (Fsp3) is 0.632. The molecule has 2 N–H and O–H groups in total. The van der Waals surface area contributed by atoms with E-state index in [0.717, 1.165) is 30.0 Å². The molecule has 2 aromatic heterocycles. The number of aryl methyl sites for hydroxylation is 1. The van der Waals surface area contributed by atoms with Gasteiger partial charge in [-0.05, 0) is 19.8 Å². The van der Waals surface area contributed by atoms with Crippen LogP contribution in [0.1, 0.15) is 65.5 Å². The molecular weight excluding hydrogens is 332 g/mol. The second-order valence-corrected chi connectivity index (χ2v) is 7.71. The summed E-state index contributed by atoms with van der Waals surface area (Å²) in [6.45, 7) is 2.75. The molecule has 0 radical (unpaired) electrons. The summed E-state index contributed by atoms with van der Waals surface area (Å²) in [6.07, 6.45) is 7.59. The maximum absolute atomic E-state index is 13.0. The molecule has 2 aromatic rings. The Balaban J connectivity index is 1.45. The minimum atomic E-state index is -0.547. The second kappa shape index (κ2) is 7.23. The van der Waals surface area contributed by atoms with Crippen LogP contribution in [0.5, 0.6) is 0 Å². The molecule has 1 aliphatic carbocycles. The van der Waals surface area contributed by atoms with Crippen LogP contribution in [0.2, 0.25) is 0 Å². The number of amides is 1. The van der Waals surface area contributed by atoms with E-state index in [1.165, 1.54) is 19.3 Å². The number of hydrogen-bond acceptors (Lipinski definition) is 5. The number of rotatable bonds is 4. The molecule has 1 amide bonds. The van der Waals surface area contributed by atoms with Crippen molar-refractivity contribution in [3.8, 4) is 0 Å². The van der Waals surface area contributed by atoms with Gasteiger partial charge in [-0.25, -0.2) is 0 Å². The number of nitrogens with zero attached hydrogens (tertiary/aromatic N) is 3. The Labute approximate surface area is 152 Å². The fourth-order valence-corrected chi connectivity index (χ4v) is 4.33. The van der Waals surface area contributed by atoms with Crippen molar-refractivity contribution in [2.45, 2.75) is 57.5 Å². The summed E-state index contributed by atoms with van der Waals surface area (Å²) in [4.78, 5) is 14.8. The summed E-state index contributed by atoms with van der Waals surface area (Å²) >= 11 is 0. The van der Waals surface area contributed by atoms with Gasteiger partial charge in [-0.1, -0.05) is 24.4 Å². The van der Waals surface area contributed by atoms with Gasteiger partial charge in [0.05, 0.1) is 29.3 Å². The molecule has 1 aliphatic heterocycles. The number of aromatic nitrogens is 3. The van der Waals surface area contributed by atoms with E-state index in [1.54, 1.807) is 11.1 Å². The number of H-pyrrole nitrogens is 1. The Morgan fingerprint density at radius 2 is 2.15 bits per heavy atom. The molecule has 0 unspecified atom stereocenters. The van der Waals surface area contributed by atoms with Gasteiger partial charge in [0, 0.05) is 37.4 Å². The van der Waals surface area contributed by atoms with Gasteiger partial charge >= 0.3 is 0 Å². The van der Waals surface area contributed by atoms with E-state index in [4.69, 9.17) is 4.52 Å². The molecule has 3 heterocycles. The quantitative estimate of drug-likeness (QED) is 0.875. The van der Waals surface area contributed by atoms with Gasteiger partial charge in [0.1, 0.15) is 5.76 Å². The van der Waals surface area contributed by atoms with Crippen LogP contribution in [0.3, 0.4) is 0 Å². The first-order valence-electron chi connectivity index (χ1n) is 9.54. The lowest BCUT2D eigenvalue weighted by molar-refractivity contribution is 0.0762. The molecule has 2 fully saturated rings. The first-order chi connectivity index (χ1) is 12.6. The van der Waals surface area contributed by atoms with E-state index in [0.29, 0.717) is 31.0 Å². The van der Waals surface area contributed by atoms with Crippen LogP contribution < -0.4 is 0 Å². The molecule has 7 heteroatoms. The number of carbonyl (C=O) groups is 1. The van der Waals surface area contributed by atoms with Crippen molar-refractivity contribution in [1.29, 1.82) is 0 Å². The zero-order valence-electron chi connectivity index (χ0n) is 15.1. The first kappa shape index (κ1) is 17.3. The largest absolute Gasteiger partial charge is 0.391 e. The van der Waals surface area contributed by atoms with Crippen molar-refractivity contribution >= 4 is 5.91 Å². The number of carbonyl (C=O) groups excluding carboxylic acids is 1. The highest BCUT2D eigenvalue weighted by Crippen LogP contribution is 2.34. The van der Waals surface area contributed by atoms with Crippen LogP contribution in [0.25, 0.3) is 0 Å². The minimum Gasteiger partial charge on any atom is -0.391 e. The number of nitrogens with one attached hydrogen (secondary N) is 1. The number of aliphatic hydroxyl groups is 1. The van der Waals surface area contributed by atoms with Crippen LogP contribution in [-0.2, 0) is 6.42 Å². The predicted molar refractivity (Wildman–Crippen MR) is 94.8 cm³/mol. The van der Waals surface area contributed by atoms with Gasteiger partial charge in [-0.2, -0.15) is 5.10 Å². The van der Waals surface area contributed by atoms with E-state index in [9.17, 15) is 9.90 Å². The lowest BCUT2D eigenvalue weighted by atomic mass is 9.85. The monoisotopic (exact) mass is 358 g/mol. The van der Waals surface area contributed by atoms with E-state index in [2.05, 4.69) is 15.4 Å². The number of β-amino-alcohol motifs (C(OH)–C–C–N with tert-alkyl or cyclic N) is 1. The Bertz CT molecular complexity index is 762. The highest BCUT2D eigenvalue weighted by atomic mass is 16.5. The lowest BCUT2D eigenvalue weighted by Gasteiger charge is -2.22. The SMILES string of the molecule is Cc1cc(C[C@@H]2CN(C(=O)c3cn[nH]c3C3CCCCC3)C[C@@H]2O)on1. The van der Waals surface area contributed by atoms with Crippen molar-refractivity contribution in [1.82, 2.24) is 20.3 Å². The molecule has 4 rings (SSSR count). The average molecular weight is 358 g/mol. The van der Waals surface area contributed by atoms with Gasteiger partial charge in [0.15, 0.2) is 0 Å². The second-order valence-electron chi connectivity index (χ2n) is 7.71. The van der Waals surface area contributed by atoms with Crippen molar-refractivity contribution in [3.63, 3.8) is 0 Å². The summed E-state index contributed by atoms with van der Waals surface area (Å²) in [5.41, 5.74) is 2.47. The maximum atomic E-state index is 13.0. The third-order valence-electron chi connectivity index (χ3n) is 5.75. The van der Waals surface area contributed by atoms with Crippen LogP contribution in [0, 0.1) is 12.8 Å². The van der Waals surface area contributed by atoms with Crippen molar-refractivity contribution in [2.24, 2.45) is 5.92 Å². The fourth-order valence-electron chi connectivity index (χ4n) is 4.33. The molecule has 26 heavy (non-hydrogen) atoms. The van der Waals surface area contributed by atoms with E-state index < -0.39 is 6.10 Å². The topological polar surface area (TPSA) is 95.2 Å². The summed E-state index contributed by atoms with van der Waals surface area (Å²) in [5, 5.41) is 21.5. The molecule has 0 bridgehead atoms. The molecule has 0 spiro atoms.